The maximum atomic E-state index is 11.8. The zero-order chi connectivity index (χ0) is 15.4. The van der Waals surface area contributed by atoms with Crippen LogP contribution in [0.5, 0.6) is 0 Å². The van der Waals surface area contributed by atoms with Gasteiger partial charge >= 0.3 is 5.97 Å². The van der Waals surface area contributed by atoms with Crippen LogP contribution in [0.1, 0.15) is 5.56 Å². The number of ether oxygens (including phenoxy) is 2. The smallest absolute Gasteiger partial charge is 0.310 e. The van der Waals surface area contributed by atoms with Crippen molar-refractivity contribution in [2.24, 2.45) is 0 Å². The van der Waals surface area contributed by atoms with Crippen LogP contribution in [0.3, 0.4) is 0 Å². The Balaban J connectivity index is 1.96. The molecule has 21 heavy (non-hydrogen) atoms. The number of esters is 1. The Hall–Kier alpha value is -1.51. The van der Waals surface area contributed by atoms with Gasteiger partial charge in [0.2, 0.25) is 0 Å². The fourth-order valence-electron chi connectivity index (χ4n) is 2.15. The molecule has 1 heterocycles. The lowest BCUT2D eigenvalue weighted by atomic mass is 9.99. The number of carbonyl (C=O) groups is 1. The van der Waals surface area contributed by atoms with Gasteiger partial charge in [-0.1, -0.05) is 30.3 Å². The summed E-state index contributed by atoms with van der Waals surface area (Å²) in [5.74, 6) is -0.664. The summed E-state index contributed by atoms with van der Waals surface area (Å²) in [6, 6.07) is 8.82. The lowest BCUT2D eigenvalue weighted by molar-refractivity contribution is -0.290. The average molecular weight is 298 g/mol. The minimum atomic E-state index is -1.61. The van der Waals surface area contributed by atoms with Crippen molar-refractivity contribution < 1.29 is 34.7 Å². The number of aliphatic hydroxyl groups excluding tert-OH is 4. The van der Waals surface area contributed by atoms with Crippen molar-refractivity contribution in [2.75, 3.05) is 6.61 Å². The Labute approximate surface area is 121 Å². The molecule has 1 aromatic rings. The van der Waals surface area contributed by atoms with Crippen molar-refractivity contribution in [1.29, 1.82) is 0 Å². The topological polar surface area (TPSA) is 116 Å². The Morgan fingerprint density at radius 3 is 2.43 bits per heavy atom. The van der Waals surface area contributed by atoms with Gasteiger partial charge in [-0.05, 0) is 5.56 Å². The molecular formula is C14H18O7. The van der Waals surface area contributed by atoms with Gasteiger partial charge in [-0.2, -0.15) is 0 Å². The van der Waals surface area contributed by atoms with Gasteiger partial charge in [-0.3, -0.25) is 4.79 Å². The predicted octanol–water partition coefficient (Wildman–Crippen LogP) is -1.43. The first-order valence-electron chi connectivity index (χ1n) is 6.57. The largest absolute Gasteiger partial charge is 0.454 e. The van der Waals surface area contributed by atoms with Gasteiger partial charge in [0.1, 0.15) is 18.3 Å². The molecule has 0 unspecified atom stereocenters. The second kappa shape index (κ2) is 6.97. The van der Waals surface area contributed by atoms with Crippen LogP contribution in [0.4, 0.5) is 0 Å². The second-order valence-corrected chi connectivity index (χ2v) is 4.85. The summed E-state index contributed by atoms with van der Waals surface area (Å²) in [6.07, 6.45) is -7.16. The number of hydrogen-bond donors (Lipinski definition) is 4. The third kappa shape index (κ3) is 3.78. The van der Waals surface area contributed by atoms with Gasteiger partial charge in [0, 0.05) is 0 Å². The highest BCUT2D eigenvalue weighted by molar-refractivity contribution is 5.72. The van der Waals surface area contributed by atoms with Crippen LogP contribution < -0.4 is 0 Å². The van der Waals surface area contributed by atoms with E-state index in [9.17, 15) is 20.1 Å². The van der Waals surface area contributed by atoms with Crippen molar-refractivity contribution >= 4 is 5.97 Å². The Bertz CT molecular complexity index is 464. The van der Waals surface area contributed by atoms with Gasteiger partial charge in [-0.25, -0.2) is 0 Å². The van der Waals surface area contributed by atoms with E-state index in [1.807, 2.05) is 6.07 Å². The maximum absolute atomic E-state index is 11.8. The summed E-state index contributed by atoms with van der Waals surface area (Å²) in [6.45, 7) is -0.569. The van der Waals surface area contributed by atoms with E-state index >= 15 is 0 Å². The second-order valence-electron chi connectivity index (χ2n) is 4.85. The van der Waals surface area contributed by atoms with Crippen LogP contribution in [-0.2, 0) is 20.7 Å². The van der Waals surface area contributed by atoms with Crippen molar-refractivity contribution in [3.63, 3.8) is 0 Å². The third-order valence-corrected chi connectivity index (χ3v) is 3.30. The SMILES string of the molecule is O=C(Cc1ccccc1)O[C@@H]1[C@@H](O)[C@H](O)[C@@H](CO)O[C@H]1O. The number of carbonyl (C=O) groups excluding carboxylic acids is 1. The summed E-state index contributed by atoms with van der Waals surface area (Å²) in [7, 11) is 0. The first-order chi connectivity index (χ1) is 10.0. The molecule has 0 aliphatic carbocycles. The number of hydrogen-bond acceptors (Lipinski definition) is 7. The third-order valence-electron chi connectivity index (χ3n) is 3.30. The van der Waals surface area contributed by atoms with Crippen molar-refractivity contribution in [3.05, 3.63) is 35.9 Å². The normalized spacial score (nSPS) is 32.7. The van der Waals surface area contributed by atoms with E-state index in [1.54, 1.807) is 24.3 Å². The Kier molecular flexibility index (Phi) is 5.27. The Morgan fingerprint density at radius 1 is 1.14 bits per heavy atom. The van der Waals surface area contributed by atoms with Crippen molar-refractivity contribution in [3.8, 4) is 0 Å². The maximum Gasteiger partial charge on any atom is 0.310 e. The van der Waals surface area contributed by atoms with Gasteiger partial charge < -0.3 is 29.9 Å². The van der Waals surface area contributed by atoms with E-state index in [1.165, 1.54) is 0 Å². The van der Waals surface area contributed by atoms with Crippen molar-refractivity contribution in [1.82, 2.24) is 0 Å². The summed E-state index contributed by atoms with van der Waals surface area (Å²) >= 11 is 0. The van der Waals surface area contributed by atoms with Crippen LogP contribution in [0, 0.1) is 0 Å². The minimum Gasteiger partial charge on any atom is -0.454 e. The van der Waals surface area contributed by atoms with E-state index in [2.05, 4.69) is 0 Å². The highest BCUT2D eigenvalue weighted by atomic mass is 16.7. The van der Waals surface area contributed by atoms with Crippen LogP contribution >= 0.6 is 0 Å². The molecule has 0 saturated carbocycles. The fraction of sp³-hybridized carbons (Fsp3) is 0.500. The highest BCUT2D eigenvalue weighted by Gasteiger charge is 2.45. The standard InChI is InChI=1S/C14H18O7/c15-7-9-11(17)12(18)13(14(19)20-9)21-10(16)6-8-4-2-1-3-5-8/h1-5,9,11-15,17-19H,6-7H2/t9-,11-,12+,13-,14-/m1/s1. The van der Waals surface area contributed by atoms with E-state index in [0.717, 1.165) is 5.56 Å². The number of aliphatic hydroxyl groups is 4. The quantitative estimate of drug-likeness (QED) is 0.504. The molecule has 7 heteroatoms. The zero-order valence-electron chi connectivity index (χ0n) is 11.2. The van der Waals surface area contributed by atoms with Crippen LogP contribution in [0.25, 0.3) is 0 Å². The molecule has 1 aliphatic rings. The predicted molar refractivity (Wildman–Crippen MR) is 70.0 cm³/mol. The van der Waals surface area contributed by atoms with Crippen LogP contribution in [-0.4, -0.2) is 63.7 Å². The number of benzene rings is 1. The molecule has 116 valence electrons. The van der Waals surface area contributed by atoms with Gasteiger partial charge in [-0.15, -0.1) is 0 Å². The highest BCUT2D eigenvalue weighted by Crippen LogP contribution is 2.22. The summed E-state index contributed by atoms with van der Waals surface area (Å²) in [5, 5.41) is 38.2. The summed E-state index contributed by atoms with van der Waals surface area (Å²) < 4.78 is 9.88. The molecule has 0 radical (unpaired) electrons. The van der Waals surface area contributed by atoms with E-state index < -0.39 is 43.3 Å². The number of rotatable bonds is 4. The molecule has 0 aromatic heterocycles. The first-order valence-corrected chi connectivity index (χ1v) is 6.57. The molecule has 0 spiro atoms. The molecule has 2 rings (SSSR count). The molecular weight excluding hydrogens is 280 g/mol. The lowest BCUT2D eigenvalue weighted by Gasteiger charge is -2.39. The van der Waals surface area contributed by atoms with Gasteiger partial charge in [0.05, 0.1) is 13.0 Å². The van der Waals surface area contributed by atoms with Crippen LogP contribution in [0.15, 0.2) is 30.3 Å². The molecule has 0 amide bonds. The molecule has 1 aliphatic heterocycles. The molecule has 4 N–H and O–H groups in total. The van der Waals surface area contributed by atoms with E-state index in [-0.39, 0.29) is 6.42 Å². The first kappa shape index (κ1) is 15.9. The summed E-state index contributed by atoms with van der Waals surface area (Å²) in [5.41, 5.74) is 0.719. The molecule has 5 atom stereocenters. The minimum absolute atomic E-state index is 0.0314. The molecule has 1 fully saturated rings. The zero-order valence-corrected chi connectivity index (χ0v) is 11.2. The molecule has 0 bridgehead atoms. The average Bonchev–Trinajstić information content (AvgIpc) is 2.48. The Morgan fingerprint density at radius 2 is 1.81 bits per heavy atom. The fourth-order valence-corrected chi connectivity index (χ4v) is 2.15. The van der Waals surface area contributed by atoms with Crippen molar-refractivity contribution in [2.45, 2.75) is 37.1 Å². The van der Waals surface area contributed by atoms with Crippen LogP contribution in [0.2, 0.25) is 0 Å². The monoisotopic (exact) mass is 298 g/mol. The van der Waals surface area contributed by atoms with E-state index in [4.69, 9.17) is 14.6 Å². The van der Waals surface area contributed by atoms with E-state index in [0.29, 0.717) is 0 Å². The molecule has 1 aromatic carbocycles. The summed E-state index contributed by atoms with van der Waals surface area (Å²) in [4.78, 5) is 11.8. The van der Waals surface area contributed by atoms with Gasteiger partial charge in [0.25, 0.3) is 0 Å². The molecule has 7 nitrogen and oxygen atoms in total. The lowest BCUT2D eigenvalue weighted by Crippen LogP contribution is -2.59. The molecule has 1 saturated heterocycles. The van der Waals surface area contributed by atoms with Gasteiger partial charge in [0.15, 0.2) is 12.4 Å².